The lowest BCUT2D eigenvalue weighted by Gasteiger charge is -2.38. The van der Waals surface area contributed by atoms with Gasteiger partial charge in [-0.05, 0) is 37.1 Å². The van der Waals surface area contributed by atoms with Gasteiger partial charge in [0.25, 0.3) is 0 Å². The quantitative estimate of drug-likeness (QED) is 0.839. The molecule has 0 spiro atoms. The fourth-order valence-corrected chi connectivity index (χ4v) is 3.16. The first-order valence-corrected chi connectivity index (χ1v) is 8.26. The molecule has 1 amide bonds. The van der Waals surface area contributed by atoms with Gasteiger partial charge in [-0.25, -0.2) is 4.39 Å². The molecule has 3 rings (SSSR count). The van der Waals surface area contributed by atoms with Gasteiger partial charge < -0.3 is 10.0 Å². The molecule has 134 valence electrons. The highest BCUT2D eigenvalue weighted by molar-refractivity contribution is 5.78. The summed E-state index contributed by atoms with van der Waals surface area (Å²) in [5.41, 5.74) is 0.292. The van der Waals surface area contributed by atoms with E-state index in [1.807, 2.05) is 4.90 Å². The Labute approximate surface area is 145 Å². The van der Waals surface area contributed by atoms with Crippen LogP contribution in [-0.4, -0.2) is 62.9 Å². The van der Waals surface area contributed by atoms with Crippen LogP contribution < -0.4 is 0 Å². The average molecular weight is 347 g/mol. The zero-order valence-electron chi connectivity index (χ0n) is 14.2. The average Bonchev–Trinajstić information content (AvgIpc) is 3.12. The Morgan fingerprint density at radius 1 is 1.44 bits per heavy atom. The fraction of sp³-hybridized carbons (Fsp3) is 0.471. The number of H-pyrrole nitrogens is 1. The van der Waals surface area contributed by atoms with E-state index in [4.69, 9.17) is 0 Å². The number of hydrogen-bond donors (Lipinski definition) is 2. The second-order valence-corrected chi connectivity index (χ2v) is 6.58. The van der Waals surface area contributed by atoms with Crippen LogP contribution in [0.5, 0.6) is 0 Å². The predicted molar refractivity (Wildman–Crippen MR) is 88.8 cm³/mol. The van der Waals surface area contributed by atoms with E-state index in [9.17, 15) is 14.3 Å². The van der Waals surface area contributed by atoms with Gasteiger partial charge in [0.15, 0.2) is 0 Å². The molecule has 7 nitrogen and oxygen atoms in total. The number of β-amino-alcohol motifs (C(OH)–C–C–N with tert-alkyl or cyclic N) is 1. The number of aromatic nitrogens is 3. The summed E-state index contributed by atoms with van der Waals surface area (Å²) in [5.74, 6) is -0.341. The van der Waals surface area contributed by atoms with Gasteiger partial charge in [0.05, 0.1) is 12.7 Å². The number of benzene rings is 1. The SMILES string of the molecule is CN(Cc1ccc(F)cc1)C(=O)CN1CCCC(O)(c2cn[nH]n2)C1. The Hall–Kier alpha value is -2.32. The molecule has 0 bridgehead atoms. The third-order valence-corrected chi connectivity index (χ3v) is 4.56. The summed E-state index contributed by atoms with van der Waals surface area (Å²) in [6, 6.07) is 6.11. The van der Waals surface area contributed by atoms with E-state index in [-0.39, 0.29) is 18.3 Å². The van der Waals surface area contributed by atoms with Crippen molar-refractivity contribution in [3.63, 3.8) is 0 Å². The van der Waals surface area contributed by atoms with Crippen LogP contribution in [0.1, 0.15) is 24.1 Å². The number of amides is 1. The highest BCUT2D eigenvalue weighted by Gasteiger charge is 2.37. The molecule has 1 saturated heterocycles. The minimum absolute atomic E-state index is 0.0475. The van der Waals surface area contributed by atoms with Gasteiger partial charge in [-0.1, -0.05) is 12.1 Å². The molecule has 0 radical (unpaired) electrons. The zero-order valence-corrected chi connectivity index (χ0v) is 14.2. The van der Waals surface area contributed by atoms with Crippen LogP contribution in [-0.2, 0) is 16.9 Å². The largest absolute Gasteiger partial charge is 0.382 e. The van der Waals surface area contributed by atoms with E-state index in [2.05, 4.69) is 15.4 Å². The monoisotopic (exact) mass is 347 g/mol. The summed E-state index contributed by atoms with van der Waals surface area (Å²) in [6.07, 6.45) is 2.89. The maximum Gasteiger partial charge on any atom is 0.236 e. The lowest BCUT2D eigenvalue weighted by atomic mass is 9.90. The minimum Gasteiger partial charge on any atom is -0.382 e. The lowest BCUT2D eigenvalue weighted by Crippen LogP contribution is -2.49. The molecule has 1 atom stereocenters. The molecule has 1 unspecified atom stereocenters. The van der Waals surface area contributed by atoms with E-state index in [1.54, 1.807) is 24.1 Å². The Morgan fingerprint density at radius 2 is 2.20 bits per heavy atom. The summed E-state index contributed by atoms with van der Waals surface area (Å²) in [4.78, 5) is 16.0. The van der Waals surface area contributed by atoms with Crippen molar-refractivity contribution in [2.45, 2.75) is 25.0 Å². The summed E-state index contributed by atoms with van der Waals surface area (Å²) in [5, 5.41) is 21.0. The Morgan fingerprint density at radius 3 is 2.88 bits per heavy atom. The first-order chi connectivity index (χ1) is 12.0. The fourth-order valence-electron chi connectivity index (χ4n) is 3.16. The van der Waals surface area contributed by atoms with Crippen molar-refractivity contribution >= 4 is 5.91 Å². The molecular formula is C17H22FN5O2. The Bertz CT molecular complexity index is 706. The second-order valence-electron chi connectivity index (χ2n) is 6.58. The smallest absolute Gasteiger partial charge is 0.236 e. The molecule has 1 aromatic heterocycles. The number of aliphatic hydroxyl groups is 1. The Kier molecular flexibility index (Phi) is 5.10. The summed E-state index contributed by atoms with van der Waals surface area (Å²) < 4.78 is 13.0. The van der Waals surface area contributed by atoms with E-state index in [1.165, 1.54) is 18.3 Å². The molecule has 1 aliphatic heterocycles. The normalized spacial score (nSPS) is 21.2. The number of likely N-dealkylation sites (tertiary alicyclic amines) is 1. The van der Waals surface area contributed by atoms with Crippen molar-refractivity contribution in [1.29, 1.82) is 0 Å². The predicted octanol–water partition coefficient (Wildman–Crippen LogP) is 0.886. The lowest BCUT2D eigenvalue weighted by molar-refractivity contribution is -0.133. The van der Waals surface area contributed by atoms with Crippen LogP contribution >= 0.6 is 0 Å². The van der Waals surface area contributed by atoms with Gasteiger partial charge in [0.1, 0.15) is 17.1 Å². The zero-order chi connectivity index (χ0) is 17.9. The van der Waals surface area contributed by atoms with Gasteiger partial charge in [-0.15, -0.1) is 0 Å². The number of aromatic amines is 1. The number of likely N-dealkylation sites (N-methyl/N-ethyl adjacent to an activating group) is 1. The third-order valence-electron chi connectivity index (χ3n) is 4.56. The molecule has 2 heterocycles. The van der Waals surface area contributed by atoms with E-state index < -0.39 is 5.60 Å². The van der Waals surface area contributed by atoms with Crippen LogP contribution in [0.2, 0.25) is 0 Å². The first kappa shape index (κ1) is 17.5. The number of carbonyl (C=O) groups is 1. The maximum atomic E-state index is 13.0. The maximum absolute atomic E-state index is 13.0. The summed E-state index contributed by atoms with van der Waals surface area (Å²) >= 11 is 0. The van der Waals surface area contributed by atoms with Crippen LogP contribution in [0, 0.1) is 5.82 Å². The molecule has 1 aromatic carbocycles. The number of halogens is 1. The molecule has 2 N–H and O–H groups in total. The number of hydrogen-bond acceptors (Lipinski definition) is 5. The van der Waals surface area contributed by atoms with E-state index in [0.29, 0.717) is 25.2 Å². The van der Waals surface area contributed by atoms with Crippen molar-refractivity contribution < 1.29 is 14.3 Å². The van der Waals surface area contributed by atoms with Crippen LogP contribution in [0.25, 0.3) is 0 Å². The summed E-state index contributed by atoms with van der Waals surface area (Å²) in [6.45, 7) is 1.73. The minimum atomic E-state index is -1.08. The highest BCUT2D eigenvalue weighted by Crippen LogP contribution is 2.29. The molecule has 2 aromatic rings. The summed E-state index contributed by atoms with van der Waals surface area (Å²) in [7, 11) is 1.72. The molecule has 1 fully saturated rings. The van der Waals surface area contributed by atoms with Crippen molar-refractivity contribution in [2.24, 2.45) is 0 Å². The standard InChI is InChI=1S/C17H22FN5O2/c1-22(10-13-3-5-14(18)6-4-13)16(24)11-23-8-2-7-17(25,12-23)15-9-19-21-20-15/h3-6,9,25H,2,7-8,10-12H2,1H3,(H,19,20,21). The van der Waals surface area contributed by atoms with Crippen molar-refractivity contribution in [3.8, 4) is 0 Å². The molecule has 25 heavy (non-hydrogen) atoms. The molecule has 1 aliphatic rings. The number of rotatable bonds is 5. The molecule has 8 heteroatoms. The van der Waals surface area contributed by atoms with E-state index in [0.717, 1.165) is 18.5 Å². The van der Waals surface area contributed by atoms with Gasteiger partial charge in [0.2, 0.25) is 5.91 Å². The molecule has 0 saturated carbocycles. The van der Waals surface area contributed by atoms with Crippen molar-refractivity contribution in [1.82, 2.24) is 25.2 Å². The molecule has 0 aliphatic carbocycles. The van der Waals surface area contributed by atoms with Gasteiger partial charge >= 0.3 is 0 Å². The number of nitrogens with one attached hydrogen (secondary N) is 1. The van der Waals surface area contributed by atoms with Gasteiger partial charge in [0, 0.05) is 20.1 Å². The van der Waals surface area contributed by atoms with Crippen molar-refractivity contribution in [2.75, 3.05) is 26.7 Å². The van der Waals surface area contributed by atoms with Gasteiger partial charge in [-0.3, -0.25) is 9.69 Å². The topological polar surface area (TPSA) is 85.4 Å². The number of carbonyl (C=O) groups excluding carboxylic acids is 1. The number of nitrogens with zero attached hydrogens (tertiary/aromatic N) is 4. The van der Waals surface area contributed by atoms with E-state index >= 15 is 0 Å². The first-order valence-electron chi connectivity index (χ1n) is 8.26. The van der Waals surface area contributed by atoms with Crippen LogP contribution in [0.15, 0.2) is 30.5 Å². The van der Waals surface area contributed by atoms with Crippen molar-refractivity contribution in [3.05, 3.63) is 47.5 Å². The number of piperidine rings is 1. The van der Waals surface area contributed by atoms with Crippen LogP contribution in [0.3, 0.4) is 0 Å². The molecular weight excluding hydrogens is 325 g/mol. The van der Waals surface area contributed by atoms with Crippen LogP contribution in [0.4, 0.5) is 4.39 Å². The Balaban J connectivity index is 1.57. The third kappa shape index (κ3) is 4.21. The van der Waals surface area contributed by atoms with Gasteiger partial charge in [-0.2, -0.15) is 15.4 Å². The second kappa shape index (κ2) is 7.28. The highest BCUT2D eigenvalue weighted by atomic mass is 19.1.